The van der Waals surface area contributed by atoms with E-state index in [1.165, 1.54) is 0 Å². The summed E-state index contributed by atoms with van der Waals surface area (Å²) in [4.78, 5) is 0. The normalized spacial score (nSPS) is 11.4. The van der Waals surface area contributed by atoms with Gasteiger partial charge in [-0.2, -0.15) is 0 Å². The summed E-state index contributed by atoms with van der Waals surface area (Å²) in [5, 5.41) is 2.98. The molecule has 0 aliphatic heterocycles. The lowest BCUT2D eigenvalue weighted by Gasteiger charge is -1.94. The van der Waals surface area contributed by atoms with E-state index in [1.54, 1.807) is 12.1 Å². The molecule has 3 aromatic rings. The third-order valence-electron chi connectivity index (χ3n) is 2.52. The molecule has 1 nitrogen and oxygen atoms in total. The van der Waals surface area contributed by atoms with Crippen LogP contribution in [-0.2, 0) is 0 Å². The Hall–Kier alpha value is -1.12. The average molecular weight is 247 g/mol. The van der Waals surface area contributed by atoms with Crippen molar-refractivity contribution in [2.45, 2.75) is 0 Å². The fourth-order valence-corrected chi connectivity index (χ4v) is 2.35. The van der Waals surface area contributed by atoms with Crippen molar-refractivity contribution in [3.05, 3.63) is 40.4 Å². The van der Waals surface area contributed by atoms with E-state index in [1.807, 2.05) is 18.2 Å². The molecule has 0 atom stereocenters. The van der Waals surface area contributed by atoms with Gasteiger partial charge in [0.2, 0.25) is 0 Å². The molecule has 0 saturated carbocycles. The zero-order valence-electron chi connectivity index (χ0n) is 8.13. The van der Waals surface area contributed by atoms with Gasteiger partial charge in [0.25, 0.3) is 0 Å². The van der Waals surface area contributed by atoms with Crippen molar-refractivity contribution in [3.63, 3.8) is 0 Å². The van der Waals surface area contributed by atoms with Gasteiger partial charge in [-0.05, 0) is 18.2 Å². The minimum absolute atomic E-state index is 0.511. The highest BCUT2D eigenvalue weighted by molar-refractivity contribution is 6.39. The number of fused-ring (bicyclic) bond motifs is 3. The summed E-state index contributed by atoms with van der Waals surface area (Å²) in [6, 6.07) is 9.01. The quantitative estimate of drug-likeness (QED) is 0.552. The number of rotatable bonds is 0. The number of hydrogen-bond acceptors (Lipinski definition) is 1. The van der Waals surface area contributed by atoms with Crippen molar-refractivity contribution in [2.75, 3.05) is 0 Å². The summed E-state index contributed by atoms with van der Waals surface area (Å²) in [5.41, 5.74) is 2.03. The molecule has 0 amide bonds. The predicted octanol–water partition coefficient (Wildman–Crippen LogP) is 3.69. The maximum absolute atomic E-state index is 6.06. The summed E-state index contributed by atoms with van der Waals surface area (Å²) >= 11 is 12.0. The van der Waals surface area contributed by atoms with Crippen LogP contribution >= 0.6 is 23.2 Å². The topological polar surface area (TPSA) is 13.1 Å². The molecule has 3 rings (SSSR count). The molecule has 16 heavy (non-hydrogen) atoms. The molecular formula is C12H5BCl2O. The first kappa shape index (κ1) is 10.1. The molecule has 76 valence electrons. The van der Waals surface area contributed by atoms with Crippen LogP contribution in [0.3, 0.4) is 0 Å². The summed E-state index contributed by atoms with van der Waals surface area (Å²) < 4.78 is 5.65. The third kappa shape index (κ3) is 1.41. The van der Waals surface area contributed by atoms with Crippen LogP contribution in [0.2, 0.25) is 10.0 Å². The molecule has 0 saturated heterocycles. The van der Waals surface area contributed by atoms with Crippen LogP contribution in [0.5, 0.6) is 0 Å². The first-order valence-corrected chi connectivity index (χ1v) is 5.47. The van der Waals surface area contributed by atoms with Crippen molar-refractivity contribution in [3.8, 4) is 0 Å². The van der Waals surface area contributed by atoms with Gasteiger partial charge >= 0.3 is 0 Å². The van der Waals surface area contributed by atoms with Crippen LogP contribution in [0, 0.1) is 0 Å². The van der Waals surface area contributed by atoms with Gasteiger partial charge in [0.1, 0.15) is 13.4 Å². The smallest absolute Gasteiger partial charge is 0.154 e. The van der Waals surface area contributed by atoms with Gasteiger partial charge in [0.05, 0.1) is 5.02 Å². The van der Waals surface area contributed by atoms with E-state index in [0.717, 1.165) is 16.4 Å². The lowest BCUT2D eigenvalue weighted by atomic mass is 9.95. The fraction of sp³-hybridized carbons (Fsp3) is 0. The molecule has 2 aromatic carbocycles. The molecule has 0 N–H and O–H groups in total. The molecule has 2 radical (unpaired) electrons. The standard InChI is InChI=1S/C12H5BCl2O/c13-6-1-2-8-9-4-7(14)5-10(15)12(9)16-11(8)3-6/h1-5H. The SMILES string of the molecule is [B]c1ccc2c(c1)oc1c(Cl)cc(Cl)cc12. The molecular weight excluding hydrogens is 242 g/mol. The van der Waals surface area contributed by atoms with Crippen LogP contribution in [0.4, 0.5) is 0 Å². The Balaban J connectivity index is 2.55. The zero-order valence-corrected chi connectivity index (χ0v) is 9.64. The Morgan fingerprint density at radius 2 is 1.81 bits per heavy atom. The minimum Gasteiger partial charge on any atom is -0.455 e. The van der Waals surface area contributed by atoms with E-state index in [4.69, 9.17) is 35.5 Å². The highest BCUT2D eigenvalue weighted by Gasteiger charge is 2.10. The average Bonchev–Trinajstić information content (AvgIpc) is 2.56. The van der Waals surface area contributed by atoms with E-state index >= 15 is 0 Å². The van der Waals surface area contributed by atoms with Crippen molar-refractivity contribution in [1.82, 2.24) is 0 Å². The highest BCUT2D eigenvalue weighted by Crippen LogP contribution is 2.35. The molecule has 0 bridgehead atoms. The molecule has 0 unspecified atom stereocenters. The van der Waals surface area contributed by atoms with Gasteiger partial charge in [-0.15, -0.1) is 0 Å². The van der Waals surface area contributed by atoms with Crippen molar-refractivity contribution < 1.29 is 4.42 Å². The summed E-state index contributed by atoms with van der Waals surface area (Å²) in [7, 11) is 5.69. The lowest BCUT2D eigenvalue weighted by molar-refractivity contribution is 0.669. The predicted molar refractivity (Wildman–Crippen MR) is 69.1 cm³/mol. The largest absolute Gasteiger partial charge is 0.455 e. The van der Waals surface area contributed by atoms with Crippen molar-refractivity contribution in [1.29, 1.82) is 0 Å². The Bertz CT molecular complexity index is 703. The Labute approximate surface area is 103 Å². The van der Waals surface area contributed by atoms with Crippen LogP contribution in [0.25, 0.3) is 21.9 Å². The van der Waals surface area contributed by atoms with Crippen LogP contribution in [-0.4, -0.2) is 7.85 Å². The van der Waals surface area contributed by atoms with Gasteiger partial charge in [-0.25, -0.2) is 0 Å². The molecule has 0 aliphatic carbocycles. The van der Waals surface area contributed by atoms with Gasteiger partial charge in [-0.3, -0.25) is 0 Å². The van der Waals surface area contributed by atoms with E-state index in [2.05, 4.69) is 0 Å². The monoisotopic (exact) mass is 246 g/mol. The molecule has 0 fully saturated rings. The summed E-state index contributed by atoms with van der Waals surface area (Å²) in [6.45, 7) is 0. The van der Waals surface area contributed by atoms with Gasteiger partial charge < -0.3 is 4.42 Å². The van der Waals surface area contributed by atoms with E-state index in [9.17, 15) is 0 Å². The molecule has 1 heterocycles. The van der Waals surface area contributed by atoms with E-state index in [-0.39, 0.29) is 0 Å². The van der Waals surface area contributed by atoms with Crippen LogP contribution in [0.1, 0.15) is 0 Å². The second-order valence-corrected chi connectivity index (χ2v) is 4.47. The van der Waals surface area contributed by atoms with Crippen LogP contribution < -0.4 is 5.46 Å². The molecule has 0 aliphatic rings. The number of halogens is 2. The maximum atomic E-state index is 6.06. The Kier molecular flexibility index (Phi) is 2.16. The van der Waals surface area contributed by atoms with Gasteiger partial charge in [-0.1, -0.05) is 40.8 Å². The third-order valence-corrected chi connectivity index (χ3v) is 3.02. The molecule has 0 spiro atoms. The zero-order chi connectivity index (χ0) is 11.3. The minimum atomic E-state index is 0.511. The maximum Gasteiger partial charge on any atom is 0.154 e. The fourth-order valence-electron chi connectivity index (χ4n) is 1.82. The summed E-state index contributed by atoms with van der Waals surface area (Å²) in [5.74, 6) is 0. The van der Waals surface area contributed by atoms with E-state index in [0.29, 0.717) is 21.1 Å². The van der Waals surface area contributed by atoms with Crippen molar-refractivity contribution >= 4 is 58.4 Å². The van der Waals surface area contributed by atoms with Gasteiger partial charge in [0, 0.05) is 15.8 Å². The van der Waals surface area contributed by atoms with E-state index < -0.39 is 0 Å². The Morgan fingerprint density at radius 1 is 1.00 bits per heavy atom. The number of hydrogen-bond donors (Lipinski definition) is 0. The Morgan fingerprint density at radius 3 is 2.62 bits per heavy atom. The van der Waals surface area contributed by atoms with Crippen LogP contribution in [0.15, 0.2) is 34.7 Å². The molecule has 4 heteroatoms. The number of benzene rings is 2. The van der Waals surface area contributed by atoms with Crippen molar-refractivity contribution in [2.24, 2.45) is 0 Å². The van der Waals surface area contributed by atoms with Gasteiger partial charge in [0.15, 0.2) is 5.58 Å². The second kappa shape index (κ2) is 3.44. The summed E-state index contributed by atoms with van der Waals surface area (Å²) in [6.07, 6.45) is 0. The second-order valence-electron chi connectivity index (χ2n) is 3.62. The first-order valence-electron chi connectivity index (χ1n) is 4.72. The lowest BCUT2D eigenvalue weighted by Crippen LogP contribution is -1.98. The first-order chi connectivity index (χ1) is 7.65. The molecule has 1 aromatic heterocycles. The highest BCUT2D eigenvalue weighted by atomic mass is 35.5. The number of furan rings is 1.